The van der Waals surface area contributed by atoms with Crippen molar-refractivity contribution in [3.63, 3.8) is 0 Å². The summed E-state index contributed by atoms with van der Waals surface area (Å²) in [6.45, 7) is 4.80. The number of esters is 2. The Labute approximate surface area is 157 Å². The smallest absolute Gasteiger partial charge is 0.305 e. The van der Waals surface area contributed by atoms with Crippen molar-refractivity contribution in [1.82, 2.24) is 0 Å². The summed E-state index contributed by atoms with van der Waals surface area (Å²) in [4.78, 5) is 22.1. The van der Waals surface area contributed by atoms with E-state index in [1.807, 2.05) is 12.1 Å². The van der Waals surface area contributed by atoms with Gasteiger partial charge in [0.25, 0.3) is 6.29 Å². The van der Waals surface area contributed by atoms with E-state index in [9.17, 15) is 9.59 Å². The molecule has 0 aliphatic carbocycles. The first-order valence-corrected chi connectivity index (χ1v) is 9.63. The first kappa shape index (κ1) is 21.9. The highest BCUT2D eigenvalue weighted by Crippen LogP contribution is 2.13. The van der Waals surface area contributed by atoms with Crippen LogP contribution in [0.4, 0.5) is 0 Å². The Morgan fingerprint density at radius 1 is 0.885 bits per heavy atom. The summed E-state index contributed by atoms with van der Waals surface area (Å²) in [6.07, 6.45) is 12.7. The maximum absolute atomic E-state index is 11.0. The Balaban J connectivity index is 2.40. The first-order valence-electron chi connectivity index (χ1n) is 9.63. The quantitative estimate of drug-likeness (QED) is 0.283. The minimum absolute atomic E-state index is 0.494. The lowest BCUT2D eigenvalue weighted by Crippen LogP contribution is -2.19. The SMILES string of the molecule is CCCCCCCCCc1ccc(/C=C/C(OC(C)=O)OC(C)=O)cc1. The topological polar surface area (TPSA) is 52.6 Å². The number of benzene rings is 1. The number of hydrogen-bond acceptors (Lipinski definition) is 4. The van der Waals surface area contributed by atoms with Gasteiger partial charge in [-0.2, -0.15) is 0 Å². The second-order valence-electron chi connectivity index (χ2n) is 6.56. The van der Waals surface area contributed by atoms with Crippen LogP contribution in [0.15, 0.2) is 30.3 Å². The van der Waals surface area contributed by atoms with Crippen molar-refractivity contribution in [2.75, 3.05) is 0 Å². The standard InChI is InChI=1S/C22H32O4/c1-4-5-6-7-8-9-10-11-20-12-14-21(15-13-20)16-17-22(25-18(2)23)26-19(3)24/h12-17,22H,4-11H2,1-3H3/b17-16+. The average molecular weight is 360 g/mol. The molecular formula is C22H32O4. The van der Waals surface area contributed by atoms with E-state index in [2.05, 4.69) is 19.1 Å². The van der Waals surface area contributed by atoms with Crippen molar-refractivity contribution in [1.29, 1.82) is 0 Å². The largest absolute Gasteiger partial charge is 0.421 e. The summed E-state index contributed by atoms with van der Waals surface area (Å²) in [5.41, 5.74) is 2.30. The Bertz CT molecular complexity index is 544. The molecule has 26 heavy (non-hydrogen) atoms. The lowest BCUT2D eigenvalue weighted by molar-refractivity contribution is -0.176. The van der Waals surface area contributed by atoms with Crippen LogP contribution in [0, 0.1) is 0 Å². The number of unbranched alkanes of at least 4 members (excludes halogenated alkanes) is 6. The molecule has 0 aliphatic rings. The van der Waals surface area contributed by atoms with Gasteiger partial charge in [-0.25, -0.2) is 0 Å². The van der Waals surface area contributed by atoms with E-state index in [4.69, 9.17) is 9.47 Å². The summed E-state index contributed by atoms with van der Waals surface area (Å²) in [5.74, 6) is -0.989. The maximum Gasteiger partial charge on any atom is 0.305 e. The predicted molar refractivity (Wildman–Crippen MR) is 104 cm³/mol. The molecule has 0 radical (unpaired) electrons. The molecule has 1 aromatic carbocycles. The molecule has 0 saturated heterocycles. The molecule has 144 valence electrons. The zero-order chi connectivity index (χ0) is 19.2. The van der Waals surface area contributed by atoms with Crippen molar-refractivity contribution >= 4 is 18.0 Å². The zero-order valence-corrected chi connectivity index (χ0v) is 16.3. The van der Waals surface area contributed by atoms with E-state index >= 15 is 0 Å². The molecule has 4 nitrogen and oxygen atoms in total. The van der Waals surface area contributed by atoms with Crippen molar-refractivity contribution in [3.05, 3.63) is 41.5 Å². The number of hydrogen-bond donors (Lipinski definition) is 0. The van der Waals surface area contributed by atoms with Gasteiger partial charge >= 0.3 is 11.9 Å². The van der Waals surface area contributed by atoms with E-state index in [1.165, 1.54) is 64.4 Å². The third-order valence-electron chi connectivity index (χ3n) is 4.06. The predicted octanol–water partition coefficient (Wildman–Crippen LogP) is 5.45. The van der Waals surface area contributed by atoms with Crippen molar-refractivity contribution in [2.24, 2.45) is 0 Å². The van der Waals surface area contributed by atoms with Gasteiger partial charge in [-0.1, -0.05) is 75.8 Å². The minimum atomic E-state index is -0.989. The molecule has 0 unspecified atom stereocenters. The fourth-order valence-electron chi connectivity index (χ4n) is 2.70. The van der Waals surface area contributed by atoms with E-state index in [0.717, 1.165) is 12.0 Å². The van der Waals surface area contributed by atoms with Crippen molar-refractivity contribution in [3.8, 4) is 0 Å². The second kappa shape index (κ2) is 13.2. The number of aryl methyl sites for hydroxylation is 1. The van der Waals surface area contributed by atoms with Gasteiger partial charge in [-0.3, -0.25) is 9.59 Å². The Morgan fingerprint density at radius 2 is 1.42 bits per heavy atom. The second-order valence-corrected chi connectivity index (χ2v) is 6.56. The molecule has 0 spiro atoms. The monoisotopic (exact) mass is 360 g/mol. The molecule has 1 aromatic rings. The normalized spacial score (nSPS) is 11.1. The molecule has 4 heteroatoms. The third kappa shape index (κ3) is 10.7. The number of rotatable bonds is 12. The van der Waals surface area contributed by atoms with Crippen molar-refractivity contribution in [2.45, 2.75) is 78.4 Å². The molecular weight excluding hydrogens is 328 g/mol. The van der Waals surface area contributed by atoms with Gasteiger partial charge < -0.3 is 9.47 Å². The van der Waals surface area contributed by atoms with E-state index in [1.54, 1.807) is 12.2 Å². The highest BCUT2D eigenvalue weighted by molar-refractivity contribution is 5.68. The minimum Gasteiger partial charge on any atom is -0.421 e. The van der Waals surface area contributed by atoms with Crippen LogP contribution in [0.5, 0.6) is 0 Å². The Morgan fingerprint density at radius 3 is 1.96 bits per heavy atom. The molecule has 0 atom stereocenters. The third-order valence-corrected chi connectivity index (χ3v) is 4.06. The van der Waals surface area contributed by atoms with Crippen LogP contribution >= 0.6 is 0 Å². The summed E-state index contributed by atoms with van der Waals surface area (Å²) >= 11 is 0. The molecule has 0 heterocycles. The average Bonchev–Trinajstić information content (AvgIpc) is 2.59. The van der Waals surface area contributed by atoms with Gasteiger partial charge in [0.15, 0.2) is 0 Å². The van der Waals surface area contributed by atoms with Crippen LogP contribution < -0.4 is 0 Å². The Hall–Kier alpha value is -2.10. The molecule has 0 bridgehead atoms. The van der Waals surface area contributed by atoms with Crippen LogP contribution in [0.3, 0.4) is 0 Å². The molecule has 0 saturated carbocycles. The molecule has 1 rings (SSSR count). The van der Waals surface area contributed by atoms with Crippen LogP contribution in [0.25, 0.3) is 6.08 Å². The van der Waals surface area contributed by atoms with Crippen LogP contribution in [-0.2, 0) is 25.5 Å². The lowest BCUT2D eigenvalue weighted by atomic mass is 10.0. The molecule has 0 aromatic heterocycles. The van der Waals surface area contributed by atoms with Gasteiger partial charge in [0.1, 0.15) is 0 Å². The fraction of sp³-hybridized carbons (Fsp3) is 0.545. The fourth-order valence-corrected chi connectivity index (χ4v) is 2.70. The van der Waals surface area contributed by atoms with Crippen LogP contribution in [0.1, 0.15) is 76.8 Å². The summed E-state index contributed by atoms with van der Waals surface area (Å²) < 4.78 is 9.88. The first-order chi connectivity index (χ1) is 12.5. The number of carbonyl (C=O) groups is 2. The highest BCUT2D eigenvalue weighted by Gasteiger charge is 2.10. The van der Waals surface area contributed by atoms with Crippen LogP contribution in [0.2, 0.25) is 0 Å². The maximum atomic E-state index is 11.0. The van der Waals surface area contributed by atoms with Gasteiger partial charge in [-0.15, -0.1) is 0 Å². The lowest BCUT2D eigenvalue weighted by Gasteiger charge is -2.12. The van der Waals surface area contributed by atoms with Gasteiger partial charge in [0, 0.05) is 13.8 Å². The number of ether oxygens (including phenoxy) is 2. The zero-order valence-electron chi connectivity index (χ0n) is 16.3. The molecule has 0 fully saturated rings. The summed E-state index contributed by atoms with van der Waals surface area (Å²) in [5, 5.41) is 0. The van der Waals surface area contributed by atoms with Crippen molar-refractivity contribution < 1.29 is 19.1 Å². The van der Waals surface area contributed by atoms with Gasteiger partial charge in [-0.05, 0) is 30.0 Å². The van der Waals surface area contributed by atoms with E-state index in [0.29, 0.717) is 0 Å². The van der Waals surface area contributed by atoms with Gasteiger partial charge in [0.05, 0.1) is 0 Å². The van der Waals surface area contributed by atoms with E-state index in [-0.39, 0.29) is 0 Å². The van der Waals surface area contributed by atoms with E-state index < -0.39 is 18.2 Å². The highest BCUT2D eigenvalue weighted by atomic mass is 16.7. The Kier molecular flexibility index (Phi) is 11.1. The number of carbonyl (C=O) groups excluding carboxylic acids is 2. The summed E-state index contributed by atoms with van der Waals surface area (Å²) in [7, 11) is 0. The molecule has 0 amide bonds. The summed E-state index contributed by atoms with van der Waals surface area (Å²) in [6, 6.07) is 8.27. The van der Waals surface area contributed by atoms with Crippen LogP contribution in [-0.4, -0.2) is 18.2 Å². The molecule has 0 aliphatic heterocycles. The van der Waals surface area contributed by atoms with Gasteiger partial charge in [0.2, 0.25) is 0 Å². The molecule has 0 N–H and O–H groups in total.